The molecular formula is C53H103NO6Si2. The largest absolute Gasteiger partial charge is 0.413 e. The van der Waals surface area contributed by atoms with E-state index in [0.29, 0.717) is 23.5 Å². The van der Waals surface area contributed by atoms with Crippen LogP contribution in [0.5, 0.6) is 0 Å². The molecule has 0 aliphatic heterocycles. The summed E-state index contributed by atoms with van der Waals surface area (Å²) < 4.78 is 31.2. The van der Waals surface area contributed by atoms with Crippen molar-refractivity contribution in [2.45, 2.75) is 246 Å². The fourth-order valence-corrected chi connectivity index (χ4v) is 16.7. The van der Waals surface area contributed by atoms with Gasteiger partial charge in [-0.2, -0.15) is 0 Å². The second-order valence-electron chi connectivity index (χ2n) is 21.6. The molecule has 4 aliphatic carbocycles. The van der Waals surface area contributed by atoms with Gasteiger partial charge in [0.25, 0.3) is 0 Å². The summed E-state index contributed by atoms with van der Waals surface area (Å²) in [7, 11) is -0.821. The lowest BCUT2D eigenvalue weighted by Gasteiger charge is -2.61. The summed E-state index contributed by atoms with van der Waals surface area (Å²) in [6, 6.07) is 0. The highest BCUT2D eigenvalue weighted by Crippen LogP contribution is 2.68. The number of rotatable bonds is 36. The van der Waals surface area contributed by atoms with Crippen LogP contribution in [-0.2, 0) is 22.4 Å². The average Bonchev–Trinajstić information content (AvgIpc) is 3.62. The summed E-state index contributed by atoms with van der Waals surface area (Å²) in [5.74, 6) is 5.44. The number of hydrogen-bond acceptors (Lipinski definition) is 7. The van der Waals surface area contributed by atoms with Gasteiger partial charge in [0.05, 0.1) is 6.10 Å². The summed E-state index contributed by atoms with van der Waals surface area (Å²) >= 11 is 0. The van der Waals surface area contributed by atoms with Crippen LogP contribution in [0.15, 0.2) is 0 Å². The van der Waals surface area contributed by atoms with Crippen molar-refractivity contribution in [3.63, 3.8) is 0 Å². The first kappa shape index (κ1) is 54.8. The van der Waals surface area contributed by atoms with Crippen LogP contribution in [0.4, 0.5) is 0 Å². The lowest BCUT2D eigenvalue weighted by Crippen LogP contribution is -2.54. The van der Waals surface area contributed by atoms with Crippen molar-refractivity contribution in [3.8, 4) is 0 Å². The minimum absolute atomic E-state index is 0.179. The van der Waals surface area contributed by atoms with E-state index in [9.17, 15) is 5.11 Å². The summed E-state index contributed by atoms with van der Waals surface area (Å²) in [6.45, 7) is 22.2. The van der Waals surface area contributed by atoms with Crippen LogP contribution >= 0.6 is 0 Å². The molecule has 4 aliphatic rings. The van der Waals surface area contributed by atoms with Crippen molar-refractivity contribution < 1.29 is 27.5 Å². The molecule has 4 rings (SSSR count). The average molecular weight is 907 g/mol. The van der Waals surface area contributed by atoms with Gasteiger partial charge >= 0.3 is 18.6 Å². The topological polar surface area (TPSA) is 69.6 Å². The standard InChI is InChI=1S/C53H103NO6Si2/c1-9-11-13-15-17-24-41-57-51(59-62(8)60-61(7)58-42-25-18-16-14-12-10-2)28-20-19-21-37-54(38-22-23-40-55)39-26-27-44(3)48-31-32-49-47-30-29-45-43-46(56-6)33-35-52(45,4)50(47)34-36-53(48,49)5/h44-51,55H,9-43H2,1-8H3/t44-,45?,46-,47?,48?,49?,50?,51?,52+,53-/m1/s1. The van der Waals surface area contributed by atoms with Crippen LogP contribution in [0.3, 0.4) is 0 Å². The molecule has 4 saturated carbocycles. The molecule has 0 aromatic carbocycles. The van der Waals surface area contributed by atoms with E-state index in [-0.39, 0.29) is 6.29 Å². The highest BCUT2D eigenvalue weighted by molar-refractivity contribution is 6.57. The van der Waals surface area contributed by atoms with Gasteiger partial charge in [-0.1, -0.05) is 105 Å². The Labute approximate surface area is 388 Å². The monoisotopic (exact) mass is 906 g/mol. The van der Waals surface area contributed by atoms with E-state index in [1.807, 2.05) is 7.11 Å². The Balaban J connectivity index is 1.19. The van der Waals surface area contributed by atoms with Gasteiger partial charge in [-0.25, -0.2) is 0 Å². The van der Waals surface area contributed by atoms with Crippen LogP contribution < -0.4 is 0 Å². The predicted molar refractivity (Wildman–Crippen MR) is 263 cm³/mol. The van der Waals surface area contributed by atoms with Crippen LogP contribution in [0, 0.1) is 46.3 Å². The van der Waals surface area contributed by atoms with Crippen LogP contribution in [0.1, 0.15) is 221 Å². The van der Waals surface area contributed by atoms with Crippen molar-refractivity contribution in [2.75, 3.05) is 46.6 Å². The maximum atomic E-state index is 9.59. The first-order chi connectivity index (χ1) is 30.1. The molecule has 0 saturated heterocycles. The minimum Gasteiger partial charge on any atom is -0.413 e. The minimum atomic E-state index is -1.45. The summed E-state index contributed by atoms with van der Waals surface area (Å²) in [6.07, 6.45) is 37.5. The first-order valence-corrected chi connectivity index (χ1v) is 30.8. The molecule has 9 heteroatoms. The van der Waals surface area contributed by atoms with Gasteiger partial charge < -0.3 is 32.4 Å². The molecule has 7 nitrogen and oxygen atoms in total. The van der Waals surface area contributed by atoms with Crippen LogP contribution in [-0.4, -0.2) is 87.5 Å². The van der Waals surface area contributed by atoms with Gasteiger partial charge in [-0.3, -0.25) is 0 Å². The molecular weight excluding hydrogens is 803 g/mol. The Hall–Kier alpha value is 0.154. The Kier molecular flexibility index (Phi) is 27.0. The highest BCUT2D eigenvalue weighted by Gasteiger charge is 2.60. The second-order valence-corrected chi connectivity index (χ2v) is 25.0. The number of ether oxygens (including phenoxy) is 2. The number of hydrogen-bond donors (Lipinski definition) is 1. The number of aliphatic hydroxyl groups excluding tert-OH is 1. The fourth-order valence-electron chi connectivity index (χ4n) is 13.7. The molecule has 1 N–H and O–H groups in total. The van der Waals surface area contributed by atoms with Gasteiger partial charge in [0.15, 0.2) is 0 Å². The van der Waals surface area contributed by atoms with Crippen molar-refractivity contribution in [1.82, 2.24) is 4.90 Å². The smallest absolute Gasteiger partial charge is 0.373 e. The Morgan fingerprint density at radius 1 is 0.645 bits per heavy atom. The van der Waals surface area contributed by atoms with E-state index < -0.39 is 18.6 Å². The molecule has 62 heavy (non-hydrogen) atoms. The number of methoxy groups -OCH3 is 1. The molecule has 4 fully saturated rings. The molecule has 0 bridgehead atoms. The van der Waals surface area contributed by atoms with E-state index in [0.717, 1.165) is 100 Å². The molecule has 0 amide bonds. The van der Waals surface area contributed by atoms with Crippen LogP contribution in [0.2, 0.25) is 13.1 Å². The van der Waals surface area contributed by atoms with Gasteiger partial charge in [-0.15, -0.1) is 0 Å². The van der Waals surface area contributed by atoms with E-state index in [1.54, 1.807) is 0 Å². The van der Waals surface area contributed by atoms with Gasteiger partial charge in [0, 0.05) is 26.9 Å². The van der Waals surface area contributed by atoms with Gasteiger partial charge in [0.1, 0.15) is 6.29 Å². The third-order valence-corrected chi connectivity index (χ3v) is 20.8. The SMILES string of the molecule is CCCCCCCCOC(CCCCCN(CCCCO)CCC[C@@H](C)C1CCC2C3CCC4C[C@H](OC)CC[C@]4(C)C3CC[C@@]21C)O[Si](C)O[Si](C)OCCCCCCCC. The van der Waals surface area contributed by atoms with E-state index in [1.165, 1.54) is 154 Å². The third-order valence-electron chi connectivity index (χ3n) is 17.3. The predicted octanol–water partition coefficient (Wildman–Crippen LogP) is 14.1. The van der Waals surface area contributed by atoms with E-state index in [4.69, 9.17) is 22.4 Å². The molecule has 364 valence electrons. The number of nitrogens with zero attached hydrogens (tertiary/aromatic N) is 1. The van der Waals surface area contributed by atoms with Crippen molar-refractivity contribution in [2.24, 2.45) is 46.3 Å². The van der Waals surface area contributed by atoms with Crippen molar-refractivity contribution in [3.05, 3.63) is 0 Å². The summed E-state index contributed by atoms with van der Waals surface area (Å²) in [4.78, 5) is 2.73. The van der Waals surface area contributed by atoms with Crippen molar-refractivity contribution >= 4 is 18.6 Å². The highest BCUT2D eigenvalue weighted by atomic mass is 28.4. The number of aliphatic hydroxyl groups is 1. The van der Waals surface area contributed by atoms with E-state index in [2.05, 4.69) is 52.6 Å². The Bertz CT molecular complexity index is 1140. The first-order valence-electron chi connectivity index (χ1n) is 27.2. The lowest BCUT2D eigenvalue weighted by atomic mass is 9.44. The molecule has 0 heterocycles. The zero-order chi connectivity index (χ0) is 44.6. The number of fused-ring (bicyclic) bond motifs is 5. The zero-order valence-electron chi connectivity index (χ0n) is 42.3. The molecule has 6 unspecified atom stereocenters. The molecule has 0 spiro atoms. The van der Waals surface area contributed by atoms with Gasteiger partial charge in [-0.05, 0) is 195 Å². The maximum absolute atomic E-state index is 9.59. The quantitative estimate of drug-likeness (QED) is 0.0381. The molecule has 0 aromatic heterocycles. The second kappa shape index (κ2) is 30.5. The van der Waals surface area contributed by atoms with Crippen molar-refractivity contribution in [1.29, 1.82) is 0 Å². The number of unbranched alkanes of at least 4 members (excludes halogenated alkanes) is 13. The summed E-state index contributed by atoms with van der Waals surface area (Å²) in [5.41, 5.74) is 1.09. The summed E-state index contributed by atoms with van der Waals surface area (Å²) in [5, 5.41) is 9.59. The molecule has 10 atom stereocenters. The Morgan fingerprint density at radius 3 is 1.98 bits per heavy atom. The maximum Gasteiger partial charge on any atom is 0.373 e. The Morgan fingerprint density at radius 2 is 1.27 bits per heavy atom. The fraction of sp³-hybridized carbons (Fsp3) is 1.00. The van der Waals surface area contributed by atoms with Gasteiger partial charge in [0.2, 0.25) is 0 Å². The normalized spacial score (nSPS) is 29.6. The third kappa shape index (κ3) is 17.7. The zero-order valence-corrected chi connectivity index (χ0v) is 44.3. The van der Waals surface area contributed by atoms with E-state index >= 15 is 0 Å². The van der Waals surface area contributed by atoms with Crippen LogP contribution in [0.25, 0.3) is 0 Å². The molecule has 2 radical (unpaired) electrons. The lowest BCUT2D eigenvalue weighted by molar-refractivity contribution is -0.133. The molecule has 0 aromatic rings.